The van der Waals surface area contributed by atoms with E-state index in [2.05, 4.69) is 56.5 Å². The van der Waals surface area contributed by atoms with E-state index in [4.69, 9.17) is 56.0 Å². The summed E-state index contributed by atoms with van der Waals surface area (Å²) in [6.45, 7) is 17.8. The van der Waals surface area contributed by atoms with E-state index in [0.29, 0.717) is 73.6 Å². The number of nitro groups is 1. The van der Waals surface area contributed by atoms with Gasteiger partial charge in [0.05, 0.1) is 86.4 Å². The Labute approximate surface area is 577 Å². The maximum Gasteiger partial charge on any atom is 0.490 e. The van der Waals surface area contributed by atoms with Crippen LogP contribution in [0.15, 0.2) is 73.2 Å². The first-order valence-electron chi connectivity index (χ1n) is 30.6. The Morgan fingerprint density at radius 1 is 0.650 bits per heavy atom. The molecule has 3 aliphatic rings. The number of aryl methyl sites for hydroxylation is 2. The number of carbonyl (C=O) groups excluding carboxylic acids is 2. The molecule has 0 saturated carbocycles. The van der Waals surface area contributed by atoms with E-state index in [9.17, 15) is 41.7 Å². The number of hydrogen-bond donors (Lipinski definition) is 7. The second kappa shape index (κ2) is 34.2. The SMILES string of the molecule is CNc1nc(Cl)nc(C)c1F.CNc1nc(Nc2ccc(OC)c(-n3ncc4c3CCNC4)c2)nc(C)c1F.CO.COc1ccc(N)cc1-n1ncc2c1CCN(C(=O)OC(C)(C)C)C2.COc1ccc([N+](=O)[O-])cc1-n1ncc2c1CCN(C(=O)OC(C)(C)C)C2.O=C(O)C(F)(F)F. The molecule has 5 aromatic heterocycles. The molecule has 0 bridgehead atoms. The third kappa shape index (κ3) is 20.5. The number of rotatable bonds is 11. The highest BCUT2D eigenvalue weighted by Crippen LogP contribution is 2.34. The molecule has 0 aliphatic carbocycles. The van der Waals surface area contributed by atoms with Gasteiger partial charge in [0.1, 0.15) is 45.5 Å². The molecule has 8 N–H and O–H groups in total. The highest BCUT2D eigenvalue weighted by molar-refractivity contribution is 6.28. The topological polar surface area (TPSA) is 367 Å². The number of halogens is 6. The van der Waals surface area contributed by atoms with Crippen LogP contribution in [-0.4, -0.2) is 172 Å². The number of carboxylic acids is 1. The predicted molar refractivity (Wildman–Crippen MR) is 360 cm³/mol. The van der Waals surface area contributed by atoms with Crippen LogP contribution in [0.3, 0.4) is 0 Å². The van der Waals surface area contributed by atoms with Crippen molar-refractivity contribution in [1.82, 2.24) is 64.4 Å². The Balaban J connectivity index is 0.000000208. The number of aromatic nitrogens is 10. The molecule has 0 unspecified atom stereocenters. The Morgan fingerprint density at radius 2 is 1.08 bits per heavy atom. The number of nitrogen functional groups attached to an aromatic ring is 1. The van der Waals surface area contributed by atoms with Gasteiger partial charge in [0, 0.05) is 107 Å². The maximum absolute atomic E-state index is 14.0. The zero-order valence-corrected chi connectivity index (χ0v) is 58.2. The van der Waals surface area contributed by atoms with Crippen LogP contribution < -0.4 is 41.2 Å². The van der Waals surface area contributed by atoms with E-state index in [0.717, 1.165) is 66.2 Å². The minimum atomic E-state index is -5.08. The summed E-state index contributed by atoms with van der Waals surface area (Å²) in [6, 6.07) is 15.5. The number of non-ortho nitro benzene ring substituents is 1. The number of methoxy groups -OCH3 is 3. The number of hydrogen-bond acceptors (Lipinski definition) is 23. The standard InChI is InChI=1S/C19H22FN7O.C18H22N4O5.C18H24N4O3.C6H7ClFN3.C2HF3O2.CH4O/c1-11-17(20)18(21-2)26-19(24-11)25-13-4-5-16(28-3)15(8-13)27-14-6-7-22-9-12(14)10-23-27;1-18(2,3)27-17(23)20-8-7-14-12(11-20)10-19-21(14)15-9-13(22(24)25)5-6-16(15)26-4;1-18(2,3)25-17(23)21-8-7-14-12(11-21)10-20-22(14)15-9-13(19)5-6-16(15)24-4;1-3-4(8)5(9-2)11-6(7)10-3;3-2(4,5)1(6)7;1-2/h4-5,8,10,22H,6-7,9H2,1-3H3,(H2,21,24,25,26);5-6,9-10H,7-8,11H2,1-4H3;5-6,9-10H,7-8,11,19H2,1-4H3;1-2H3,(H,9,10,11);(H,6,7);2H,1H3. The lowest BCUT2D eigenvalue weighted by Gasteiger charge is -2.30. The number of aliphatic hydroxyl groups excluding tert-OH is 1. The van der Waals surface area contributed by atoms with E-state index in [-0.39, 0.29) is 46.2 Å². The molecule has 3 aromatic carbocycles. The van der Waals surface area contributed by atoms with Crippen LogP contribution in [0.5, 0.6) is 17.2 Å². The summed E-state index contributed by atoms with van der Waals surface area (Å²) in [6.07, 6.45) is 1.72. The van der Waals surface area contributed by atoms with Crippen molar-refractivity contribution < 1.29 is 75.2 Å². The number of nitrogens with one attached hydrogen (secondary N) is 4. The summed E-state index contributed by atoms with van der Waals surface area (Å²) in [5, 5.41) is 50.5. The lowest BCUT2D eigenvalue weighted by atomic mass is 10.1. The number of fused-ring (bicyclic) bond motifs is 3. The van der Waals surface area contributed by atoms with Gasteiger partial charge in [-0.2, -0.15) is 38.4 Å². The van der Waals surface area contributed by atoms with Gasteiger partial charge in [-0.3, -0.25) is 10.1 Å². The van der Waals surface area contributed by atoms with Crippen LogP contribution in [0, 0.1) is 35.6 Å². The quantitative estimate of drug-likeness (QED) is 0.0208. The Bertz CT molecular complexity index is 4180. The molecule has 540 valence electrons. The number of alkyl halides is 3. The highest BCUT2D eigenvalue weighted by atomic mass is 35.5. The highest BCUT2D eigenvalue weighted by Gasteiger charge is 2.38. The fraction of sp³-hybridized carbons (Fsp3) is 0.406. The van der Waals surface area contributed by atoms with E-state index < -0.39 is 39.9 Å². The lowest BCUT2D eigenvalue weighted by molar-refractivity contribution is -0.384. The van der Waals surface area contributed by atoms with Gasteiger partial charge in [-0.05, 0) is 109 Å². The molecule has 0 radical (unpaired) electrons. The monoisotopic (exact) mass is 1420 g/mol. The molecule has 0 spiro atoms. The van der Waals surface area contributed by atoms with Crippen LogP contribution >= 0.6 is 11.6 Å². The second-order valence-electron chi connectivity index (χ2n) is 23.7. The smallest absolute Gasteiger partial charge is 0.490 e. The summed E-state index contributed by atoms with van der Waals surface area (Å²) in [4.78, 5) is 63.1. The molecule has 3 aliphatic heterocycles. The first-order chi connectivity index (χ1) is 47.2. The van der Waals surface area contributed by atoms with Crippen LogP contribution in [0.1, 0.15) is 86.7 Å². The van der Waals surface area contributed by atoms with Gasteiger partial charge in [-0.25, -0.2) is 47.2 Å². The van der Waals surface area contributed by atoms with Gasteiger partial charge in [0.25, 0.3) is 5.69 Å². The number of anilines is 5. The summed E-state index contributed by atoms with van der Waals surface area (Å²) < 4.78 is 91.3. The number of nitrogens with two attached hydrogens (primary N) is 1. The molecule has 0 atom stereocenters. The molecule has 36 heteroatoms. The summed E-state index contributed by atoms with van der Waals surface area (Å²) in [5.41, 5.74) is 15.0. The van der Waals surface area contributed by atoms with Crippen LogP contribution in [0.25, 0.3) is 17.1 Å². The Morgan fingerprint density at radius 3 is 1.54 bits per heavy atom. The molecule has 11 rings (SSSR count). The first-order valence-corrected chi connectivity index (χ1v) is 31.0. The maximum atomic E-state index is 14.0. The van der Waals surface area contributed by atoms with Crippen LogP contribution in [0.2, 0.25) is 5.28 Å². The van der Waals surface area contributed by atoms with Gasteiger partial charge in [-0.15, -0.1) is 0 Å². The zero-order valence-electron chi connectivity index (χ0n) is 57.4. The molecule has 8 aromatic rings. The summed E-state index contributed by atoms with van der Waals surface area (Å²) >= 11 is 5.47. The van der Waals surface area contributed by atoms with Gasteiger partial charge in [0.2, 0.25) is 11.2 Å². The number of amides is 2. The molecular formula is C64H80ClF5N18O12. The average Bonchev–Trinajstić information content (AvgIpc) is 1.61. The molecular weight excluding hydrogens is 1340 g/mol. The number of aliphatic carboxylic acids is 1. The van der Waals surface area contributed by atoms with Crippen molar-refractivity contribution in [1.29, 1.82) is 0 Å². The second-order valence-corrected chi connectivity index (χ2v) is 24.0. The van der Waals surface area contributed by atoms with Gasteiger partial charge in [0.15, 0.2) is 23.3 Å². The Kier molecular flexibility index (Phi) is 26.8. The normalized spacial score (nSPS) is 12.9. The van der Waals surface area contributed by atoms with E-state index in [1.165, 1.54) is 37.4 Å². The number of benzene rings is 3. The van der Waals surface area contributed by atoms with Crippen molar-refractivity contribution in [3.63, 3.8) is 0 Å². The van der Waals surface area contributed by atoms with Crippen molar-refractivity contribution in [3.05, 3.63) is 145 Å². The molecule has 0 fully saturated rings. The van der Waals surface area contributed by atoms with E-state index in [1.54, 1.807) is 74.2 Å². The number of nitrogens with zero attached hydrogens (tertiary/aromatic N) is 13. The summed E-state index contributed by atoms with van der Waals surface area (Å²) in [5.74, 6) is -1.19. The fourth-order valence-electron chi connectivity index (χ4n) is 9.87. The third-order valence-corrected chi connectivity index (χ3v) is 14.6. The van der Waals surface area contributed by atoms with Crippen molar-refractivity contribution in [2.45, 2.75) is 112 Å². The van der Waals surface area contributed by atoms with Crippen LogP contribution in [0.4, 0.5) is 66.2 Å². The number of carboxylic acid groups (broad SMARTS) is 1. The predicted octanol–water partition coefficient (Wildman–Crippen LogP) is 10.2. The third-order valence-electron chi connectivity index (χ3n) is 14.4. The number of ether oxygens (including phenoxy) is 5. The fourth-order valence-corrected chi connectivity index (χ4v) is 10.1. The van der Waals surface area contributed by atoms with Gasteiger partial charge in [-0.1, -0.05) is 0 Å². The van der Waals surface area contributed by atoms with Crippen molar-refractivity contribution in [3.8, 4) is 34.3 Å². The number of aliphatic hydroxyl groups is 1. The minimum Gasteiger partial charge on any atom is -0.494 e. The molecule has 100 heavy (non-hydrogen) atoms. The van der Waals surface area contributed by atoms with Crippen molar-refractivity contribution in [2.75, 3.05) is 83.9 Å². The zero-order chi connectivity index (χ0) is 74.1. The van der Waals surface area contributed by atoms with Crippen molar-refractivity contribution in [2.24, 2.45) is 0 Å². The van der Waals surface area contributed by atoms with E-state index in [1.807, 2.05) is 87.4 Å². The lowest BCUT2D eigenvalue weighted by Crippen LogP contribution is -2.40. The molecule has 2 amide bonds. The first kappa shape index (κ1) is 78.3. The molecule has 0 saturated heterocycles. The number of nitro benzene ring substituents is 1. The van der Waals surface area contributed by atoms with Gasteiger partial charge < -0.3 is 70.7 Å². The average molecular weight is 1420 g/mol. The number of carbonyl (C=O) groups is 3. The Hall–Kier alpha value is -10.7. The molecule has 30 nitrogen and oxygen atoms in total. The minimum absolute atomic E-state index is 0.0405. The van der Waals surface area contributed by atoms with E-state index >= 15 is 0 Å². The largest absolute Gasteiger partial charge is 0.494 e. The van der Waals surface area contributed by atoms with Gasteiger partial charge >= 0.3 is 24.3 Å². The molecule has 8 heterocycles. The summed E-state index contributed by atoms with van der Waals surface area (Å²) in [7, 11) is 8.95. The van der Waals surface area contributed by atoms with Crippen molar-refractivity contribution >= 4 is 64.4 Å². The van der Waals surface area contributed by atoms with Crippen LogP contribution in [-0.2, 0) is 53.2 Å².